The van der Waals surface area contributed by atoms with Gasteiger partial charge in [-0.05, 0) is 49.7 Å². The average molecular weight is 331 g/mol. The van der Waals surface area contributed by atoms with Gasteiger partial charge in [0.05, 0.1) is 12.5 Å². The van der Waals surface area contributed by atoms with E-state index in [-0.39, 0.29) is 17.7 Å². The lowest BCUT2D eigenvalue weighted by molar-refractivity contribution is -0.142. The van der Waals surface area contributed by atoms with E-state index in [9.17, 15) is 14.7 Å². The number of carbonyl (C=O) groups is 2. The van der Waals surface area contributed by atoms with Gasteiger partial charge in [0, 0.05) is 19.5 Å². The molecular formula is C19H25NO4. The Balaban J connectivity index is 1.44. The highest BCUT2D eigenvalue weighted by molar-refractivity contribution is 5.79. The summed E-state index contributed by atoms with van der Waals surface area (Å²) in [6, 6.07) is 7.82. The number of benzene rings is 1. The number of aryl methyl sites for hydroxylation is 1. The van der Waals surface area contributed by atoms with Gasteiger partial charge < -0.3 is 14.7 Å². The van der Waals surface area contributed by atoms with Crippen molar-refractivity contribution in [2.45, 2.75) is 32.6 Å². The molecule has 1 aliphatic heterocycles. The molecule has 1 N–H and O–H groups in total. The number of para-hydroxylation sites is 1. The maximum absolute atomic E-state index is 12.4. The number of ether oxygens (including phenoxy) is 1. The summed E-state index contributed by atoms with van der Waals surface area (Å²) in [5.74, 6) is 0.418. The van der Waals surface area contributed by atoms with Crippen molar-refractivity contribution < 1.29 is 19.4 Å². The molecule has 0 aromatic heterocycles. The smallest absolute Gasteiger partial charge is 0.308 e. The van der Waals surface area contributed by atoms with Gasteiger partial charge in [-0.25, -0.2) is 0 Å². The molecule has 0 bridgehead atoms. The van der Waals surface area contributed by atoms with E-state index in [1.807, 2.05) is 31.2 Å². The first-order chi connectivity index (χ1) is 11.6. The Hall–Kier alpha value is -2.04. The number of aliphatic carboxylic acids is 1. The predicted octanol–water partition coefficient (Wildman–Crippen LogP) is 2.72. The number of amides is 1. The lowest BCUT2D eigenvalue weighted by Crippen LogP contribution is -2.30. The zero-order valence-corrected chi connectivity index (χ0v) is 14.1. The molecular weight excluding hydrogens is 306 g/mol. The van der Waals surface area contributed by atoms with Gasteiger partial charge in [-0.1, -0.05) is 18.2 Å². The third-order valence-corrected chi connectivity index (χ3v) is 5.15. The van der Waals surface area contributed by atoms with Crippen LogP contribution in [-0.2, 0) is 9.59 Å². The Morgan fingerprint density at radius 2 is 2.00 bits per heavy atom. The molecule has 0 unspecified atom stereocenters. The van der Waals surface area contributed by atoms with Crippen molar-refractivity contribution in [3.63, 3.8) is 0 Å². The van der Waals surface area contributed by atoms with Gasteiger partial charge in [0.2, 0.25) is 5.91 Å². The zero-order chi connectivity index (χ0) is 17.1. The molecule has 1 saturated carbocycles. The van der Waals surface area contributed by atoms with Crippen molar-refractivity contribution in [3.8, 4) is 5.75 Å². The van der Waals surface area contributed by atoms with Crippen molar-refractivity contribution in [2.75, 3.05) is 19.7 Å². The molecule has 5 heteroatoms. The number of hydrogen-bond acceptors (Lipinski definition) is 3. The van der Waals surface area contributed by atoms with E-state index >= 15 is 0 Å². The minimum Gasteiger partial charge on any atom is -0.493 e. The molecule has 1 saturated heterocycles. The van der Waals surface area contributed by atoms with E-state index in [1.165, 1.54) is 0 Å². The lowest BCUT2D eigenvalue weighted by Gasteiger charge is -2.16. The first-order valence-corrected chi connectivity index (χ1v) is 8.75. The molecule has 0 spiro atoms. The summed E-state index contributed by atoms with van der Waals surface area (Å²) in [4.78, 5) is 25.5. The van der Waals surface area contributed by atoms with Crippen molar-refractivity contribution >= 4 is 11.9 Å². The Labute approximate surface area is 142 Å². The summed E-state index contributed by atoms with van der Waals surface area (Å²) in [7, 11) is 0. The monoisotopic (exact) mass is 331 g/mol. The van der Waals surface area contributed by atoms with Crippen LogP contribution in [-0.4, -0.2) is 41.6 Å². The number of carboxylic acids is 1. The maximum Gasteiger partial charge on any atom is 0.308 e. The standard InChI is InChI=1S/C19H25NO4/c1-13-5-2-3-6-17(13)24-10-4-7-18(21)20-11-15(14-8-9-14)16(12-20)19(22)23/h2-3,5-6,14-16H,4,7-12H2,1H3,(H,22,23)/t15-,16+/m1/s1. The summed E-state index contributed by atoms with van der Waals surface area (Å²) in [6.45, 7) is 3.47. The molecule has 2 atom stereocenters. The van der Waals surface area contributed by atoms with E-state index in [0.29, 0.717) is 38.5 Å². The summed E-state index contributed by atoms with van der Waals surface area (Å²) >= 11 is 0. The van der Waals surface area contributed by atoms with Crippen molar-refractivity contribution in [2.24, 2.45) is 17.8 Å². The van der Waals surface area contributed by atoms with Crippen LogP contribution >= 0.6 is 0 Å². The topological polar surface area (TPSA) is 66.8 Å². The van der Waals surface area contributed by atoms with Crippen LogP contribution in [0.5, 0.6) is 5.75 Å². The molecule has 0 radical (unpaired) electrons. The van der Waals surface area contributed by atoms with Crippen LogP contribution in [0.25, 0.3) is 0 Å². The van der Waals surface area contributed by atoms with Gasteiger partial charge in [0.15, 0.2) is 0 Å². The number of nitrogens with zero attached hydrogens (tertiary/aromatic N) is 1. The molecule has 5 nitrogen and oxygen atoms in total. The van der Waals surface area contributed by atoms with Crippen molar-refractivity contribution in [3.05, 3.63) is 29.8 Å². The number of carbonyl (C=O) groups excluding carboxylic acids is 1. The molecule has 3 rings (SSSR count). The average Bonchev–Trinajstić information content (AvgIpc) is 3.30. The normalized spacial score (nSPS) is 23.3. The molecule has 130 valence electrons. The zero-order valence-electron chi connectivity index (χ0n) is 14.1. The minimum absolute atomic E-state index is 0.0535. The van der Waals surface area contributed by atoms with Gasteiger partial charge in [-0.3, -0.25) is 9.59 Å². The Kier molecular flexibility index (Phi) is 5.07. The number of hydrogen-bond donors (Lipinski definition) is 1. The van der Waals surface area contributed by atoms with E-state index in [4.69, 9.17) is 4.74 Å². The van der Waals surface area contributed by atoms with Crippen molar-refractivity contribution in [1.29, 1.82) is 0 Å². The fraction of sp³-hybridized carbons (Fsp3) is 0.579. The fourth-order valence-corrected chi connectivity index (χ4v) is 3.58. The number of rotatable bonds is 7. The van der Waals surface area contributed by atoms with Crippen LogP contribution in [0.2, 0.25) is 0 Å². The van der Waals surface area contributed by atoms with E-state index in [1.54, 1.807) is 4.90 Å². The summed E-state index contributed by atoms with van der Waals surface area (Å²) in [5, 5.41) is 9.37. The van der Waals surface area contributed by atoms with Crippen LogP contribution in [0, 0.1) is 24.7 Å². The van der Waals surface area contributed by atoms with Crippen LogP contribution in [0.1, 0.15) is 31.2 Å². The maximum atomic E-state index is 12.4. The summed E-state index contributed by atoms with van der Waals surface area (Å²) in [6.07, 6.45) is 3.28. The van der Waals surface area contributed by atoms with Crippen molar-refractivity contribution in [1.82, 2.24) is 4.90 Å². The molecule has 1 aliphatic carbocycles. The van der Waals surface area contributed by atoms with Gasteiger partial charge in [0.1, 0.15) is 5.75 Å². The van der Waals surface area contributed by atoms with E-state index < -0.39 is 5.97 Å². The highest BCUT2D eigenvalue weighted by Crippen LogP contribution is 2.44. The van der Waals surface area contributed by atoms with E-state index in [2.05, 4.69) is 0 Å². The molecule has 1 amide bonds. The quantitative estimate of drug-likeness (QED) is 0.780. The van der Waals surface area contributed by atoms with E-state index in [0.717, 1.165) is 24.2 Å². The SMILES string of the molecule is Cc1ccccc1OCCCC(=O)N1C[C@H](C(=O)O)[C@@H](C2CC2)C1. The largest absolute Gasteiger partial charge is 0.493 e. The Morgan fingerprint density at radius 1 is 1.25 bits per heavy atom. The molecule has 2 fully saturated rings. The third-order valence-electron chi connectivity index (χ3n) is 5.15. The van der Waals surface area contributed by atoms with Crippen LogP contribution < -0.4 is 4.74 Å². The first kappa shape index (κ1) is 16.8. The first-order valence-electron chi connectivity index (χ1n) is 8.75. The van der Waals surface area contributed by atoms with Gasteiger partial charge in [-0.2, -0.15) is 0 Å². The summed E-state index contributed by atoms with van der Waals surface area (Å²) < 4.78 is 5.71. The fourth-order valence-electron chi connectivity index (χ4n) is 3.58. The minimum atomic E-state index is -0.759. The van der Waals surface area contributed by atoms with Gasteiger partial charge in [0.25, 0.3) is 0 Å². The van der Waals surface area contributed by atoms with Crippen LogP contribution in [0.4, 0.5) is 0 Å². The molecule has 24 heavy (non-hydrogen) atoms. The number of likely N-dealkylation sites (tertiary alicyclic amines) is 1. The second-order valence-electron chi connectivity index (χ2n) is 6.96. The summed E-state index contributed by atoms with van der Waals surface area (Å²) in [5.41, 5.74) is 1.08. The molecule has 1 heterocycles. The van der Waals surface area contributed by atoms with Gasteiger partial charge in [-0.15, -0.1) is 0 Å². The Bertz CT molecular complexity index is 611. The Morgan fingerprint density at radius 3 is 2.67 bits per heavy atom. The van der Waals surface area contributed by atoms with Crippen LogP contribution in [0.3, 0.4) is 0 Å². The predicted molar refractivity (Wildman–Crippen MR) is 89.8 cm³/mol. The number of carboxylic acid groups (broad SMARTS) is 1. The van der Waals surface area contributed by atoms with Gasteiger partial charge >= 0.3 is 5.97 Å². The molecule has 2 aliphatic rings. The lowest BCUT2D eigenvalue weighted by atomic mass is 9.92. The molecule has 1 aromatic carbocycles. The molecule has 1 aromatic rings. The second-order valence-corrected chi connectivity index (χ2v) is 6.96. The second kappa shape index (κ2) is 7.24. The highest BCUT2D eigenvalue weighted by atomic mass is 16.5. The third kappa shape index (κ3) is 3.89. The highest BCUT2D eigenvalue weighted by Gasteiger charge is 2.46. The van der Waals surface area contributed by atoms with Crippen LogP contribution in [0.15, 0.2) is 24.3 Å².